The van der Waals surface area contributed by atoms with Crippen LogP contribution in [0.1, 0.15) is 21.7 Å². The molecule has 20 heavy (non-hydrogen) atoms. The number of hydrogen-bond donors (Lipinski definition) is 1. The second kappa shape index (κ2) is 5.34. The molecule has 0 radical (unpaired) electrons. The standard InChI is InChI=1S/C14H12N4OS/c1-9-5-16-10(6-15-9)7-17-14(19)11-3-2-4-12-13(11)20-8-18-12/h2-6,8H,7H2,1H3,(H,17,19). The van der Waals surface area contributed by atoms with Gasteiger partial charge in [0.15, 0.2) is 0 Å². The van der Waals surface area contributed by atoms with Crippen molar-refractivity contribution in [1.29, 1.82) is 0 Å². The normalized spacial score (nSPS) is 10.7. The van der Waals surface area contributed by atoms with Gasteiger partial charge in [-0.3, -0.25) is 14.8 Å². The molecule has 2 heterocycles. The summed E-state index contributed by atoms with van der Waals surface area (Å²) < 4.78 is 0.903. The first-order valence-corrected chi connectivity index (χ1v) is 7.00. The number of nitrogens with zero attached hydrogens (tertiary/aromatic N) is 3. The number of aryl methyl sites for hydroxylation is 1. The predicted molar refractivity (Wildman–Crippen MR) is 77.6 cm³/mol. The molecule has 0 saturated carbocycles. The zero-order chi connectivity index (χ0) is 13.9. The number of fused-ring (bicyclic) bond motifs is 1. The lowest BCUT2D eigenvalue weighted by Gasteiger charge is -2.05. The Morgan fingerprint density at radius 3 is 2.95 bits per heavy atom. The van der Waals surface area contributed by atoms with Crippen LogP contribution in [0.25, 0.3) is 10.2 Å². The lowest BCUT2D eigenvalue weighted by atomic mass is 10.2. The van der Waals surface area contributed by atoms with Crippen LogP contribution in [0.3, 0.4) is 0 Å². The number of nitrogens with one attached hydrogen (secondary N) is 1. The van der Waals surface area contributed by atoms with Crippen LogP contribution in [0, 0.1) is 6.92 Å². The quantitative estimate of drug-likeness (QED) is 0.801. The summed E-state index contributed by atoms with van der Waals surface area (Å²) in [5, 5.41) is 2.85. The molecule has 0 aliphatic heterocycles. The van der Waals surface area contributed by atoms with Crippen LogP contribution in [0.5, 0.6) is 0 Å². The van der Waals surface area contributed by atoms with Crippen LogP contribution in [0.15, 0.2) is 36.1 Å². The summed E-state index contributed by atoms with van der Waals surface area (Å²) in [6, 6.07) is 5.54. The molecule has 0 fully saturated rings. The summed E-state index contributed by atoms with van der Waals surface area (Å²) in [5.41, 5.74) is 4.82. The Morgan fingerprint density at radius 1 is 1.25 bits per heavy atom. The molecule has 6 heteroatoms. The van der Waals surface area contributed by atoms with Gasteiger partial charge in [0.05, 0.1) is 45.4 Å². The lowest BCUT2D eigenvalue weighted by Crippen LogP contribution is -2.23. The number of thiazole rings is 1. The molecule has 0 saturated heterocycles. The van der Waals surface area contributed by atoms with E-state index < -0.39 is 0 Å². The summed E-state index contributed by atoms with van der Waals surface area (Å²) in [7, 11) is 0. The molecule has 1 aromatic carbocycles. The maximum absolute atomic E-state index is 12.2. The van der Waals surface area contributed by atoms with Crippen molar-refractivity contribution in [2.75, 3.05) is 0 Å². The van der Waals surface area contributed by atoms with Gasteiger partial charge >= 0.3 is 0 Å². The fraction of sp³-hybridized carbons (Fsp3) is 0.143. The number of rotatable bonds is 3. The minimum atomic E-state index is -0.123. The van der Waals surface area contributed by atoms with Crippen LogP contribution in [-0.4, -0.2) is 20.9 Å². The molecule has 100 valence electrons. The number of benzene rings is 1. The first-order chi connectivity index (χ1) is 9.74. The highest BCUT2D eigenvalue weighted by atomic mass is 32.1. The van der Waals surface area contributed by atoms with Crippen LogP contribution in [-0.2, 0) is 6.54 Å². The molecule has 0 aliphatic rings. The van der Waals surface area contributed by atoms with E-state index in [-0.39, 0.29) is 5.91 Å². The smallest absolute Gasteiger partial charge is 0.253 e. The topological polar surface area (TPSA) is 67.8 Å². The van der Waals surface area contributed by atoms with E-state index in [2.05, 4.69) is 20.3 Å². The number of hydrogen-bond acceptors (Lipinski definition) is 5. The highest BCUT2D eigenvalue weighted by Gasteiger charge is 2.11. The van der Waals surface area contributed by atoms with Crippen LogP contribution in [0.2, 0.25) is 0 Å². The molecule has 1 N–H and O–H groups in total. The molecule has 3 rings (SSSR count). The van der Waals surface area contributed by atoms with Gasteiger partial charge in [0, 0.05) is 6.20 Å². The molecule has 0 atom stereocenters. The van der Waals surface area contributed by atoms with Crippen LogP contribution in [0.4, 0.5) is 0 Å². The van der Waals surface area contributed by atoms with Crippen molar-refractivity contribution in [3.8, 4) is 0 Å². The van der Waals surface area contributed by atoms with E-state index in [9.17, 15) is 4.79 Å². The SMILES string of the molecule is Cc1cnc(CNC(=O)c2cccc3ncsc23)cn1. The fourth-order valence-electron chi connectivity index (χ4n) is 1.84. The van der Waals surface area contributed by atoms with Gasteiger partial charge in [-0.1, -0.05) is 6.07 Å². The van der Waals surface area contributed by atoms with Gasteiger partial charge in [0.25, 0.3) is 5.91 Å². The van der Waals surface area contributed by atoms with E-state index in [1.165, 1.54) is 11.3 Å². The zero-order valence-electron chi connectivity index (χ0n) is 10.8. The number of aromatic nitrogens is 3. The molecule has 2 aromatic heterocycles. The van der Waals surface area contributed by atoms with Gasteiger partial charge in [-0.2, -0.15) is 0 Å². The van der Waals surface area contributed by atoms with E-state index in [1.807, 2.05) is 19.1 Å². The minimum Gasteiger partial charge on any atom is -0.346 e. The Labute approximate surface area is 119 Å². The maximum atomic E-state index is 12.2. The minimum absolute atomic E-state index is 0.123. The Morgan fingerprint density at radius 2 is 2.15 bits per heavy atom. The summed E-state index contributed by atoms with van der Waals surface area (Å²) >= 11 is 1.47. The summed E-state index contributed by atoms with van der Waals surface area (Å²) in [6.07, 6.45) is 3.36. The van der Waals surface area contributed by atoms with Crippen molar-refractivity contribution in [3.05, 3.63) is 53.1 Å². The molecule has 0 bridgehead atoms. The van der Waals surface area contributed by atoms with E-state index >= 15 is 0 Å². The van der Waals surface area contributed by atoms with Crippen molar-refractivity contribution < 1.29 is 4.79 Å². The molecule has 5 nitrogen and oxygen atoms in total. The van der Waals surface area contributed by atoms with E-state index in [4.69, 9.17) is 0 Å². The second-order valence-electron chi connectivity index (χ2n) is 4.34. The van der Waals surface area contributed by atoms with Crippen molar-refractivity contribution >= 4 is 27.5 Å². The van der Waals surface area contributed by atoms with Gasteiger partial charge in [-0.05, 0) is 19.1 Å². The van der Waals surface area contributed by atoms with Gasteiger partial charge in [-0.25, -0.2) is 4.98 Å². The average molecular weight is 284 g/mol. The molecule has 1 amide bonds. The second-order valence-corrected chi connectivity index (χ2v) is 5.19. The van der Waals surface area contributed by atoms with Gasteiger partial charge in [0.2, 0.25) is 0 Å². The van der Waals surface area contributed by atoms with Crippen LogP contribution < -0.4 is 5.32 Å². The average Bonchev–Trinajstić information content (AvgIpc) is 2.94. The lowest BCUT2D eigenvalue weighted by molar-refractivity contribution is 0.0952. The summed E-state index contributed by atoms with van der Waals surface area (Å²) in [5.74, 6) is -0.123. The van der Waals surface area contributed by atoms with E-state index in [1.54, 1.807) is 24.0 Å². The maximum Gasteiger partial charge on any atom is 0.253 e. The third-order valence-corrected chi connectivity index (χ3v) is 3.74. The van der Waals surface area contributed by atoms with E-state index in [0.29, 0.717) is 12.1 Å². The molecule has 0 spiro atoms. The monoisotopic (exact) mass is 284 g/mol. The third-order valence-electron chi connectivity index (χ3n) is 2.87. The van der Waals surface area contributed by atoms with Gasteiger partial charge in [-0.15, -0.1) is 11.3 Å². The highest BCUT2D eigenvalue weighted by molar-refractivity contribution is 7.17. The van der Waals surface area contributed by atoms with Crippen molar-refractivity contribution in [3.63, 3.8) is 0 Å². The first kappa shape index (κ1) is 12.7. The Balaban J connectivity index is 1.76. The Kier molecular flexibility index (Phi) is 3.39. The van der Waals surface area contributed by atoms with Gasteiger partial charge < -0.3 is 5.32 Å². The summed E-state index contributed by atoms with van der Waals surface area (Å²) in [4.78, 5) is 24.8. The predicted octanol–water partition coefficient (Wildman–Crippen LogP) is 2.32. The highest BCUT2D eigenvalue weighted by Crippen LogP contribution is 2.21. The molecule has 3 aromatic rings. The zero-order valence-corrected chi connectivity index (χ0v) is 11.6. The van der Waals surface area contributed by atoms with Crippen molar-refractivity contribution in [2.45, 2.75) is 13.5 Å². The molecule has 0 aliphatic carbocycles. The molecular weight excluding hydrogens is 272 g/mol. The van der Waals surface area contributed by atoms with Gasteiger partial charge in [0.1, 0.15) is 0 Å². The Bertz CT molecular complexity index is 751. The van der Waals surface area contributed by atoms with Crippen LogP contribution >= 0.6 is 11.3 Å². The number of carbonyl (C=O) groups is 1. The molecule has 0 unspecified atom stereocenters. The first-order valence-electron chi connectivity index (χ1n) is 6.12. The number of amides is 1. The Hall–Kier alpha value is -2.34. The number of carbonyl (C=O) groups excluding carboxylic acids is 1. The summed E-state index contributed by atoms with van der Waals surface area (Å²) in [6.45, 7) is 2.24. The van der Waals surface area contributed by atoms with E-state index in [0.717, 1.165) is 21.6 Å². The molecular formula is C14H12N4OS. The van der Waals surface area contributed by atoms with Crippen molar-refractivity contribution in [2.24, 2.45) is 0 Å². The third kappa shape index (κ3) is 2.50. The largest absolute Gasteiger partial charge is 0.346 e. The fourth-order valence-corrected chi connectivity index (χ4v) is 2.64. The van der Waals surface area contributed by atoms with Crippen molar-refractivity contribution in [1.82, 2.24) is 20.3 Å².